The van der Waals surface area contributed by atoms with Crippen LogP contribution in [0.25, 0.3) is 0 Å². The van der Waals surface area contributed by atoms with Crippen molar-refractivity contribution in [1.29, 1.82) is 0 Å². The maximum Gasteiger partial charge on any atom is 0.264 e. The number of ether oxygens (including phenoxy) is 2. The summed E-state index contributed by atoms with van der Waals surface area (Å²) >= 11 is 6.44. The van der Waals surface area contributed by atoms with E-state index in [1.807, 2.05) is 25.1 Å². The third kappa shape index (κ3) is 6.58. The number of rotatable bonds is 4. The van der Waals surface area contributed by atoms with Gasteiger partial charge in [-0.1, -0.05) is 36.7 Å². The number of allylic oxidation sites excluding steroid dienone is 1. The first-order valence-corrected chi connectivity index (χ1v) is 18.9. The van der Waals surface area contributed by atoms with Crippen LogP contribution in [-0.4, -0.2) is 65.6 Å². The number of aryl methyl sites for hydroxylation is 2. The normalized spacial score (nSPS) is 29.1. The maximum atomic E-state index is 13.5. The first-order valence-electron chi connectivity index (χ1n) is 17.0. The highest BCUT2D eigenvalue weighted by Crippen LogP contribution is 2.47. The molecule has 48 heavy (non-hydrogen) atoms. The number of carbonyl (C=O) groups excluding carboxylic acids is 1. The van der Waals surface area contributed by atoms with Crippen molar-refractivity contribution >= 4 is 33.2 Å². The van der Waals surface area contributed by atoms with E-state index in [1.165, 1.54) is 15.9 Å². The van der Waals surface area contributed by atoms with Crippen molar-refractivity contribution in [3.8, 4) is 5.75 Å². The second-order valence-electron chi connectivity index (χ2n) is 13.8. The molecule has 1 fully saturated rings. The number of nitrogens with zero attached hydrogens (tertiary/aromatic N) is 5. The monoisotopic (exact) mass is 694 g/mol. The Balaban J connectivity index is 1.27. The van der Waals surface area contributed by atoms with Gasteiger partial charge in [-0.25, -0.2) is 13.1 Å². The lowest BCUT2D eigenvalue weighted by Gasteiger charge is -2.46. The highest BCUT2D eigenvalue weighted by atomic mass is 35.5. The standard InChI is InChI=1S/C35H43ClN6O5S/c1-3-27-8-4-5-9-31(46-20-33-37-40-41(2)38-33)28-13-10-25(28)19-42-21-35(16-6-7-23-17-26(36)12-14-29(23)35)22-47-32-15-11-24(18-30(32)42)34(43)39-48(27,44)45/h5,9,11-12,14-15,17-18,25,27-28,31H,3-4,6-8,10,13,16,19-22H2,1-2H3,(H,39,43)/b9-5-/t25-,27+,28+,31-,35-/m0/s1. The lowest BCUT2D eigenvalue weighted by molar-refractivity contribution is -0.0249. The van der Waals surface area contributed by atoms with Gasteiger partial charge in [0, 0.05) is 29.1 Å². The Labute approximate surface area is 287 Å². The van der Waals surface area contributed by atoms with Crippen LogP contribution in [0.15, 0.2) is 48.6 Å². The number of sulfonamides is 1. The summed E-state index contributed by atoms with van der Waals surface area (Å²) in [6.45, 7) is 4.00. The van der Waals surface area contributed by atoms with Gasteiger partial charge < -0.3 is 14.4 Å². The lowest BCUT2D eigenvalue weighted by Crippen LogP contribution is -2.49. The average molecular weight is 695 g/mol. The molecule has 7 rings (SSSR count). The molecule has 1 amide bonds. The van der Waals surface area contributed by atoms with Crippen LogP contribution in [-0.2, 0) is 40.3 Å². The summed E-state index contributed by atoms with van der Waals surface area (Å²) in [6, 6.07) is 11.5. The van der Waals surface area contributed by atoms with Crippen LogP contribution in [0.4, 0.5) is 5.69 Å². The number of nitrogens with one attached hydrogen (secondary N) is 1. The third-order valence-corrected chi connectivity index (χ3v) is 12.9. The van der Waals surface area contributed by atoms with Crippen molar-refractivity contribution in [2.75, 3.05) is 24.6 Å². The van der Waals surface area contributed by atoms with Crippen molar-refractivity contribution in [2.24, 2.45) is 18.9 Å². The molecule has 2 aromatic carbocycles. The van der Waals surface area contributed by atoms with Gasteiger partial charge in [-0.3, -0.25) is 4.79 Å². The van der Waals surface area contributed by atoms with Gasteiger partial charge in [0.2, 0.25) is 10.0 Å². The van der Waals surface area contributed by atoms with Crippen LogP contribution >= 0.6 is 11.6 Å². The zero-order valence-corrected chi connectivity index (χ0v) is 29.0. The van der Waals surface area contributed by atoms with Gasteiger partial charge in [-0.15, -0.1) is 10.2 Å². The molecule has 1 saturated carbocycles. The zero-order valence-electron chi connectivity index (χ0n) is 27.5. The van der Waals surface area contributed by atoms with Crippen LogP contribution in [0.5, 0.6) is 5.75 Å². The van der Waals surface area contributed by atoms with Crippen molar-refractivity contribution in [2.45, 2.75) is 81.7 Å². The lowest BCUT2D eigenvalue weighted by atomic mass is 9.68. The van der Waals surface area contributed by atoms with Gasteiger partial charge in [0.05, 0.1) is 30.7 Å². The molecule has 2 aliphatic heterocycles. The summed E-state index contributed by atoms with van der Waals surface area (Å²) in [4.78, 5) is 17.3. The summed E-state index contributed by atoms with van der Waals surface area (Å²) in [5, 5.41) is 12.4. The second-order valence-corrected chi connectivity index (χ2v) is 16.2. The van der Waals surface area contributed by atoms with E-state index in [2.05, 4.69) is 43.2 Å². The van der Waals surface area contributed by atoms with Crippen molar-refractivity contribution < 1.29 is 22.7 Å². The summed E-state index contributed by atoms with van der Waals surface area (Å²) in [6.07, 6.45) is 10.2. The molecule has 0 unspecified atom stereocenters. The number of carbonyl (C=O) groups is 1. The number of hydrogen-bond acceptors (Lipinski definition) is 9. The molecule has 4 aliphatic rings. The number of benzene rings is 2. The van der Waals surface area contributed by atoms with Crippen LogP contribution < -0.4 is 14.4 Å². The van der Waals surface area contributed by atoms with E-state index < -0.39 is 21.2 Å². The molecular weight excluding hydrogens is 652 g/mol. The predicted octanol–water partition coefficient (Wildman–Crippen LogP) is 5.14. The number of fused-ring (bicyclic) bond motifs is 4. The van der Waals surface area contributed by atoms with Crippen LogP contribution in [0.3, 0.4) is 0 Å². The van der Waals surface area contributed by atoms with E-state index >= 15 is 0 Å². The molecule has 11 nitrogen and oxygen atoms in total. The summed E-state index contributed by atoms with van der Waals surface area (Å²) < 4.78 is 42.3. The fourth-order valence-electron chi connectivity index (χ4n) is 8.03. The molecule has 2 aliphatic carbocycles. The van der Waals surface area contributed by atoms with Crippen molar-refractivity contribution in [3.63, 3.8) is 0 Å². The first-order chi connectivity index (χ1) is 23.1. The summed E-state index contributed by atoms with van der Waals surface area (Å²) in [5.74, 6) is 1.15. The van der Waals surface area contributed by atoms with Gasteiger partial charge in [-0.2, -0.15) is 4.80 Å². The van der Waals surface area contributed by atoms with Gasteiger partial charge in [0.15, 0.2) is 5.82 Å². The van der Waals surface area contributed by atoms with Gasteiger partial charge in [0.25, 0.3) is 5.91 Å². The predicted molar refractivity (Wildman–Crippen MR) is 183 cm³/mol. The molecule has 0 saturated heterocycles. The Hall–Kier alpha value is -3.48. The average Bonchev–Trinajstić information content (AvgIpc) is 3.40. The number of anilines is 1. The molecule has 256 valence electrons. The smallest absolute Gasteiger partial charge is 0.264 e. The third-order valence-electron chi connectivity index (χ3n) is 10.7. The van der Waals surface area contributed by atoms with Gasteiger partial charge in [0.1, 0.15) is 12.4 Å². The number of hydrogen-bond donors (Lipinski definition) is 1. The van der Waals surface area contributed by atoms with Crippen LogP contribution in [0.1, 0.15) is 79.2 Å². The minimum absolute atomic E-state index is 0.197. The van der Waals surface area contributed by atoms with E-state index in [4.69, 9.17) is 21.1 Å². The molecule has 1 aromatic heterocycles. The van der Waals surface area contributed by atoms with E-state index in [0.29, 0.717) is 55.5 Å². The minimum atomic E-state index is -3.91. The van der Waals surface area contributed by atoms with Gasteiger partial charge in [-0.05, 0) is 110 Å². The molecule has 1 spiro atoms. The molecule has 0 radical (unpaired) electrons. The Morgan fingerprint density at radius 2 is 2.04 bits per heavy atom. The van der Waals surface area contributed by atoms with Crippen LogP contribution in [0, 0.1) is 11.8 Å². The molecule has 3 aromatic rings. The summed E-state index contributed by atoms with van der Waals surface area (Å²) in [5.41, 5.74) is 3.34. The molecule has 1 N–H and O–H groups in total. The SMILES string of the molecule is CC[C@@H]1CC/C=C\[C@H](OCc2nnn(C)n2)[C@@H]2CC[C@H]2CN2C[C@@]3(CCCc4cc(Cl)ccc43)COc3ccc(cc32)C(=O)NS1(=O)=O. The molecular formula is C35H43ClN6O5S. The van der Waals surface area contributed by atoms with E-state index in [9.17, 15) is 13.2 Å². The van der Waals surface area contributed by atoms with E-state index in [0.717, 1.165) is 49.4 Å². The van der Waals surface area contributed by atoms with E-state index in [-0.39, 0.29) is 24.0 Å². The number of tetrazole rings is 1. The molecule has 13 heteroatoms. The molecule has 5 atom stereocenters. The molecule has 2 bridgehead atoms. The van der Waals surface area contributed by atoms with E-state index in [1.54, 1.807) is 19.2 Å². The highest BCUT2D eigenvalue weighted by molar-refractivity contribution is 7.90. The maximum absolute atomic E-state index is 13.5. The fraction of sp³-hybridized carbons (Fsp3) is 0.543. The summed E-state index contributed by atoms with van der Waals surface area (Å²) in [7, 11) is -2.18. The number of aromatic nitrogens is 4. The largest absolute Gasteiger partial charge is 0.490 e. The quantitative estimate of drug-likeness (QED) is 0.370. The Kier molecular flexibility index (Phi) is 9.25. The zero-order chi connectivity index (χ0) is 33.5. The minimum Gasteiger partial charge on any atom is -0.490 e. The number of amides is 1. The molecule has 3 heterocycles. The number of halogens is 1. The Morgan fingerprint density at radius 3 is 2.81 bits per heavy atom. The van der Waals surface area contributed by atoms with Crippen LogP contribution in [0.2, 0.25) is 5.02 Å². The van der Waals surface area contributed by atoms with Crippen molar-refractivity contribution in [3.05, 3.63) is 76.1 Å². The highest BCUT2D eigenvalue weighted by Gasteiger charge is 2.44. The van der Waals surface area contributed by atoms with Gasteiger partial charge >= 0.3 is 0 Å². The van der Waals surface area contributed by atoms with Crippen molar-refractivity contribution in [1.82, 2.24) is 24.9 Å². The second kappa shape index (κ2) is 13.4. The topological polar surface area (TPSA) is 129 Å². The first kappa shape index (κ1) is 33.0. The fourth-order valence-corrected chi connectivity index (χ4v) is 9.65. The Bertz CT molecular complexity index is 1810. The Morgan fingerprint density at radius 1 is 1.17 bits per heavy atom.